The van der Waals surface area contributed by atoms with Gasteiger partial charge in [-0.15, -0.1) is 35.3 Å². The van der Waals surface area contributed by atoms with Crippen molar-refractivity contribution in [3.05, 3.63) is 39.8 Å². The van der Waals surface area contributed by atoms with Crippen LogP contribution in [0.2, 0.25) is 0 Å². The Morgan fingerprint density at radius 3 is 2.59 bits per heavy atom. The number of aliphatic imine (C=N–C) groups is 1. The third-order valence-electron chi connectivity index (χ3n) is 4.14. The molecule has 0 aliphatic carbocycles. The summed E-state index contributed by atoms with van der Waals surface area (Å²) in [6, 6.07) is 5.36. The van der Waals surface area contributed by atoms with Crippen molar-refractivity contribution in [3.8, 4) is 11.5 Å². The Labute approximate surface area is 194 Å². The monoisotopic (exact) mass is 534 g/mol. The maximum Gasteiger partial charge on any atom is 0.191 e. The van der Waals surface area contributed by atoms with Crippen molar-refractivity contribution in [1.82, 2.24) is 15.6 Å². The number of methoxy groups -OCH3 is 2. The Morgan fingerprint density at radius 2 is 2.00 bits per heavy atom. The summed E-state index contributed by atoms with van der Waals surface area (Å²) in [5.41, 5.74) is 1.75. The van der Waals surface area contributed by atoms with Crippen LogP contribution in [-0.4, -0.2) is 43.4 Å². The smallest absolute Gasteiger partial charge is 0.191 e. The van der Waals surface area contributed by atoms with Gasteiger partial charge in [-0.1, -0.05) is 13.8 Å². The maximum absolute atomic E-state index is 10.6. The van der Waals surface area contributed by atoms with Crippen LogP contribution in [0.15, 0.2) is 28.6 Å². The van der Waals surface area contributed by atoms with Gasteiger partial charge in [0, 0.05) is 24.0 Å². The van der Waals surface area contributed by atoms with Crippen molar-refractivity contribution in [2.75, 3.05) is 27.3 Å². The molecule has 1 aromatic heterocycles. The third-order valence-corrected chi connectivity index (χ3v) is 4.99. The second kappa shape index (κ2) is 12.9. The van der Waals surface area contributed by atoms with Gasteiger partial charge in [0.05, 0.1) is 32.6 Å². The molecule has 3 N–H and O–H groups in total. The molecule has 0 fully saturated rings. The van der Waals surface area contributed by atoms with Crippen LogP contribution in [0.4, 0.5) is 0 Å². The number of hydrogen-bond donors (Lipinski definition) is 3. The minimum atomic E-state index is -0.777. The fourth-order valence-electron chi connectivity index (χ4n) is 2.55. The standard InChI is InChI=1S/C20H30N4O3S.HI/c1-6-21-20(23-11-19-24-16(12-28-19)13(2)3)22-10-17(25)15-9-14(26-4)7-8-18(15)27-5;/h7-9,12-13,17,25H,6,10-11H2,1-5H3,(H2,21,22,23);1H. The third kappa shape index (κ3) is 7.63. The fourth-order valence-corrected chi connectivity index (χ4v) is 3.43. The Morgan fingerprint density at radius 1 is 1.24 bits per heavy atom. The first-order valence-corrected chi connectivity index (χ1v) is 10.2. The molecule has 0 aliphatic heterocycles. The van der Waals surface area contributed by atoms with Crippen molar-refractivity contribution >= 4 is 41.3 Å². The number of nitrogens with zero attached hydrogens (tertiary/aromatic N) is 2. The van der Waals surface area contributed by atoms with Crippen molar-refractivity contribution in [1.29, 1.82) is 0 Å². The molecule has 29 heavy (non-hydrogen) atoms. The molecule has 0 amide bonds. The van der Waals surface area contributed by atoms with Crippen LogP contribution in [0.1, 0.15) is 49.1 Å². The molecule has 0 bridgehead atoms. The highest BCUT2D eigenvalue weighted by molar-refractivity contribution is 14.0. The van der Waals surface area contributed by atoms with Gasteiger partial charge in [0.1, 0.15) is 16.5 Å². The van der Waals surface area contributed by atoms with E-state index >= 15 is 0 Å². The van der Waals surface area contributed by atoms with E-state index in [2.05, 4.69) is 39.8 Å². The quantitative estimate of drug-likeness (QED) is 0.259. The molecule has 1 atom stereocenters. The van der Waals surface area contributed by atoms with E-state index in [-0.39, 0.29) is 30.5 Å². The molecular formula is C20H31IN4O3S. The van der Waals surface area contributed by atoms with Crippen LogP contribution in [0.25, 0.3) is 0 Å². The van der Waals surface area contributed by atoms with Gasteiger partial charge < -0.3 is 25.2 Å². The summed E-state index contributed by atoms with van der Waals surface area (Å²) >= 11 is 1.61. The molecule has 1 aromatic carbocycles. The number of aliphatic hydroxyl groups excluding tert-OH is 1. The SMILES string of the molecule is CCNC(=NCc1nc(C(C)C)cs1)NCC(O)c1cc(OC)ccc1OC.I. The number of benzene rings is 1. The summed E-state index contributed by atoms with van der Waals surface area (Å²) in [5, 5.41) is 20.0. The average Bonchev–Trinajstić information content (AvgIpc) is 3.18. The van der Waals surface area contributed by atoms with Gasteiger partial charge in [0.15, 0.2) is 5.96 Å². The Hall–Kier alpha value is -1.59. The maximum atomic E-state index is 10.6. The summed E-state index contributed by atoms with van der Waals surface area (Å²) in [4.78, 5) is 9.18. The molecule has 0 spiro atoms. The molecule has 2 aromatic rings. The lowest BCUT2D eigenvalue weighted by Gasteiger charge is -2.18. The second-order valence-electron chi connectivity index (χ2n) is 6.52. The van der Waals surface area contributed by atoms with Crippen molar-refractivity contribution in [2.24, 2.45) is 4.99 Å². The van der Waals surface area contributed by atoms with Gasteiger partial charge in [0.2, 0.25) is 0 Å². The number of rotatable bonds is 9. The Kier molecular flexibility index (Phi) is 11.3. The van der Waals surface area contributed by atoms with Crippen LogP contribution < -0.4 is 20.1 Å². The molecule has 2 rings (SSSR count). The number of guanidine groups is 1. The molecule has 7 nitrogen and oxygen atoms in total. The molecule has 0 saturated heterocycles. The van der Waals surface area contributed by atoms with Crippen molar-refractivity contribution < 1.29 is 14.6 Å². The number of nitrogens with one attached hydrogen (secondary N) is 2. The highest BCUT2D eigenvalue weighted by Gasteiger charge is 2.15. The molecular weight excluding hydrogens is 503 g/mol. The highest BCUT2D eigenvalue weighted by atomic mass is 127. The van der Waals surface area contributed by atoms with Gasteiger partial charge in [-0.3, -0.25) is 0 Å². The number of thiazole rings is 1. The zero-order valence-electron chi connectivity index (χ0n) is 17.6. The highest BCUT2D eigenvalue weighted by Crippen LogP contribution is 2.29. The molecule has 162 valence electrons. The van der Waals surface area contributed by atoms with Gasteiger partial charge >= 0.3 is 0 Å². The summed E-state index contributed by atoms with van der Waals surface area (Å²) < 4.78 is 10.6. The first-order valence-electron chi connectivity index (χ1n) is 9.34. The molecule has 0 saturated carbocycles. The summed E-state index contributed by atoms with van der Waals surface area (Å²) in [7, 11) is 3.17. The number of halogens is 1. The van der Waals surface area contributed by atoms with E-state index in [9.17, 15) is 5.11 Å². The first-order chi connectivity index (χ1) is 13.5. The Bertz CT molecular complexity index is 783. The van der Waals surface area contributed by atoms with E-state index in [4.69, 9.17) is 9.47 Å². The van der Waals surface area contributed by atoms with Crippen LogP contribution in [0.3, 0.4) is 0 Å². The lowest BCUT2D eigenvalue weighted by molar-refractivity contribution is 0.176. The van der Waals surface area contributed by atoms with Crippen LogP contribution in [0, 0.1) is 0 Å². The first kappa shape index (κ1) is 25.4. The van der Waals surface area contributed by atoms with Crippen LogP contribution in [-0.2, 0) is 6.54 Å². The lowest BCUT2D eigenvalue weighted by Crippen LogP contribution is -2.39. The zero-order valence-corrected chi connectivity index (χ0v) is 20.7. The van der Waals surface area contributed by atoms with Gasteiger partial charge in [0.25, 0.3) is 0 Å². The molecule has 0 radical (unpaired) electrons. The van der Waals surface area contributed by atoms with E-state index in [0.29, 0.717) is 35.5 Å². The minimum Gasteiger partial charge on any atom is -0.497 e. The lowest BCUT2D eigenvalue weighted by atomic mass is 10.1. The molecule has 1 unspecified atom stereocenters. The number of aliphatic hydroxyl groups is 1. The number of aromatic nitrogens is 1. The van der Waals surface area contributed by atoms with Gasteiger partial charge in [-0.05, 0) is 31.0 Å². The molecule has 9 heteroatoms. The van der Waals surface area contributed by atoms with E-state index in [0.717, 1.165) is 17.2 Å². The largest absolute Gasteiger partial charge is 0.497 e. The number of hydrogen-bond acceptors (Lipinski definition) is 6. The predicted octanol–water partition coefficient (Wildman–Crippen LogP) is 3.69. The predicted molar refractivity (Wildman–Crippen MR) is 129 cm³/mol. The molecule has 1 heterocycles. The zero-order chi connectivity index (χ0) is 20.5. The summed E-state index contributed by atoms with van der Waals surface area (Å²) in [6.07, 6.45) is -0.777. The van der Waals surface area contributed by atoms with E-state index in [1.54, 1.807) is 43.8 Å². The van der Waals surface area contributed by atoms with E-state index in [1.165, 1.54) is 0 Å². The van der Waals surface area contributed by atoms with Crippen LogP contribution in [0.5, 0.6) is 11.5 Å². The van der Waals surface area contributed by atoms with Gasteiger partial charge in [-0.2, -0.15) is 0 Å². The van der Waals surface area contributed by atoms with Crippen molar-refractivity contribution in [3.63, 3.8) is 0 Å². The normalized spacial score (nSPS) is 12.3. The van der Waals surface area contributed by atoms with E-state index < -0.39 is 6.10 Å². The summed E-state index contributed by atoms with van der Waals surface area (Å²) in [5.74, 6) is 2.32. The fraction of sp³-hybridized carbons (Fsp3) is 0.500. The second-order valence-corrected chi connectivity index (χ2v) is 7.46. The molecule has 0 aliphatic rings. The Balaban J connectivity index is 0.00000420. The number of ether oxygens (including phenoxy) is 2. The van der Waals surface area contributed by atoms with Crippen molar-refractivity contribution in [2.45, 2.75) is 39.3 Å². The van der Waals surface area contributed by atoms with Gasteiger partial charge in [-0.25, -0.2) is 9.98 Å². The van der Waals surface area contributed by atoms with Crippen LogP contribution >= 0.6 is 35.3 Å². The topological polar surface area (TPSA) is 88.0 Å². The summed E-state index contributed by atoms with van der Waals surface area (Å²) in [6.45, 7) is 7.75. The minimum absolute atomic E-state index is 0. The average molecular weight is 534 g/mol. The van der Waals surface area contributed by atoms with E-state index in [1.807, 2.05) is 6.92 Å².